The van der Waals surface area contributed by atoms with Gasteiger partial charge in [0.05, 0.1) is 11.0 Å². The summed E-state index contributed by atoms with van der Waals surface area (Å²) >= 11 is 0. The van der Waals surface area contributed by atoms with Crippen molar-refractivity contribution in [1.82, 2.24) is 4.98 Å². The number of hydrogen-bond acceptors (Lipinski definition) is 1. The molecule has 0 saturated heterocycles. The van der Waals surface area contributed by atoms with E-state index in [2.05, 4.69) is 214 Å². The summed E-state index contributed by atoms with van der Waals surface area (Å²) in [5.41, 5.74) is 16.6. The maximum absolute atomic E-state index is 5.86. The Labute approximate surface area is 338 Å². The van der Waals surface area contributed by atoms with Crippen molar-refractivity contribution < 1.29 is 0 Å². The van der Waals surface area contributed by atoms with Crippen molar-refractivity contribution in [2.45, 2.75) is 13.8 Å². The molecule has 1 aromatic heterocycles. The molecule has 1 nitrogen and oxygen atoms in total. The van der Waals surface area contributed by atoms with E-state index in [9.17, 15) is 0 Å². The van der Waals surface area contributed by atoms with Gasteiger partial charge in [-0.05, 0) is 133 Å². The van der Waals surface area contributed by atoms with Gasteiger partial charge in [-0.25, -0.2) is 4.98 Å². The minimum atomic E-state index is 1.02. The lowest BCUT2D eigenvalue weighted by atomic mass is 9.84. The first kappa shape index (κ1) is 33.9. The molecule has 0 radical (unpaired) electrons. The van der Waals surface area contributed by atoms with Crippen molar-refractivity contribution in [3.63, 3.8) is 0 Å². The first-order valence-corrected chi connectivity index (χ1v) is 20.1. The molecule has 1 heteroatoms. The second kappa shape index (κ2) is 13.7. The van der Waals surface area contributed by atoms with E-state index in [1.807, 2.05) is 0 Å². The topological polar surface area (TPSA) is 12.9 Å². The molecule has 0 saturated carbocycles. The lowest BCUT2D eigenvalue weighted by Crippen LogP contribution is -1.97. The van der Waals surface area contributed by atoms with E-state index in [1.165, 1.54) is 88.3 Å². The first-order chi connectivity index (χ1) is 28.6. The molecular formula is C57H39N. The fourth-order valence-corrected chi connectivity index (χ4v) is 9.31. The number of hydrogen-bond donors (Lipinski definition) is 0. The number of aromatic nitrogens is 1. The summed E-state index contributed by atoms with van der Waals surface area (Å²) in [6.45, 7) is 4.48. The number of aryl methyl sites for hydroxylation is 2. The molecule has 0 spiro atoms. The third kappa shape index (κ3) is 5.51. The Morgan fingerprint density at radius 1 is 0.276 bits per heavy atom. The molecular weight excluding hydrogens is 699 g/mol. The summed E-state index contributed by atoms with van der Waals surface area (Å²) in [6.07, 6.45) is 0. The number of benzene rings is 10. The predicted molar refractivity (Wildman–Crippen MR) is 248 cm³/mol. The highest BCUT2D eigenvalue weighted by Crippen LogP contribution is 2.48. The van der Waals surface area contributed by atoms with Crippen LogP contribution in [-0.4, -0.2) is 4.98 Å². The van der Waals surface area contributed by atoms with Gasteiger partial charge < -0.3 is 0 Å². The molecule has 0 aliphatic carbocycles. The van der Waals surface area contributed by atoms with Crippen molar-refractivity contribution >= 4 is 54.1 Å². The normalized spacial score (nSPS) is 11.6. The maximum atomic E-state index is 5.86. The van der Waals surface area contributed by atoms with Gasteiger partial charge in [0.2, 0.25) is 0 Å². The van der Waals surface area contributed by atoms with Crippen LogP contribution in [0.3, 0.4) is 0 Å². The number of pyridine rings is 1. The van der Waals surface area contributed by atoms with Crippen LogP contribution in [0.25, 0.3) is 110 Å². The summed E-state index contributed by atoms with van der Waals surface area (Å²) in [5.74, 6) is 0. The Kier molecular flexibility index (Phi) is 8.01. The van der Waals surface area contributed by atoms with Gasteiger partial charge in [0.1, 0.15) is 0 Å². The van der Waals surface area contributed by atoms with E-state index < -0.39 is 0 Å². The Bertz CT molecular complexity index is 3180. The summed E-state index contributed by atoms with van der Waals surface area (Å²) in [5, 5.41) is 9.48. The smallest absolute Gasteiger partial charge is 0.0795 e. The van der Waals surface area contributed by atoms with Crippen molar-refractivity contribution in [1.29, 1.82) is 0 Å². The van der Waals surface area contributed by atoms with Crippen LogP contribution in [0.15, 0.2) is 200 Å². The molecule has 0 unspecified atom stereocenters. The van der Waals surface area contributed by atoms with Crippen LogP contribution in [0.2, 0.25) is 0 Å². The van der Waals surface area contributed by atoms with Crippen LogP contribution in [0.1, 0.15) is 11.1 Å². The van der Waals surface area contributed by atoms with Crippen molar-refractivity contribution in [2.75, 3.05) is 0 Å². The Morgan fingerprint density at radius 2 is 0.655 bits per heavy atom. The highest BCUT2D eigenvalue weighted by atomic mass is 14.7. The summed E-state index contributed by atoms with van der Waals surface area (Å²) in [7, 11) is 0. The van der Waals surface area contributed by atoms with Crippen molar-refractivity contribution in [3.05, 3.63) is 211 Å². The molecule has 10 aromatic carbocycles. The van der Waals surface area contributed by atoms with E-state index in [1.54, 1.807) is 0 Å². The predicted octanol–water partition coefficient (Wildman–Crippen LogP) is 15.8. The number of fused-ring (bicyclic) bond motifs is 7. The molecule has 58 heavy (non-hydrogen) atoms. The fraction of sp³-hybridized carbons (Fsp3) is 0.0351. The van der Waals surface area contributed by atoms with Crippen LogP contribution in [0.5, 0.6) is 0 Å². The second-order valence-electron chi connectivity index (χ2n) is 15.5. The van der Waals surface area contributed by atoms with E-state index in [4.69, 9.17) is 4.98 Å². The Hall–Kier alpha value is -7.35. The largest absolute Gasteiger partial charge is 0.246 e. The van der Waals surface area contributed by atoms with Crippen LogP contribution >= 0.6 is 0 Å². The van der Waals surface area contributed by atoms with Gasteiger partial charge >= 0.3 is 0 Å². The van der Waals surface area contributed by atoms with Crippen molar-refractivity contribution in [3.8, 4) is 55.6 Å². The monoisotopic (exact) mass is 737 g/mol. The van der Waals surface area contributed by atoms with Gasteiger partial charge in [-0.3, -0.25) is 0 Å². The average molecular weight is 738 g/mol. The van der Waals surface area contributed by atoms with Gasteiger partial charge in [-0.2, -0.15) is 0 Å². The van der Waals surface area contributed by atoms with E-state index >= 15 is 0 Å². The van der Waals surface area contributed by atoms with Crippen LogP contribution in [0, 0.1) is 13.8 Å². The molecule has 0 aliphatic rings. The highest BCUT2D eigenvalue weighted by molar-refractivity contribution is 6.27. The van der Waals surface area contributed by atoms with Gasteiger partial charge in [0.15, 0.2) is 0 Å². The second-order valence-corrected chi connectivity index (χ2v) is 15.5. The molecule has 0 fully saturated rings. The van der Waals surface area contributed by atoms with Gasteiger partial charge in [0.25, 0.3) is 0 Å². The van der Waals surface area contributed by atoms with E-state index in [0.29, 0.717) is 0 Å². The summed E-state index contributed by atoms with van der Waals surface area (Å²) in [6, 6.07) is 73.2. The zero-order valence-electron chi connectivity index (χ0n) is 32.5. The molecule has 0 aliphatic heterocycles. The lowest BCUT2D eigenvalue weighted by Gasteiger charge is -2.21. The van der Waals surface area contributed by atoms with E-state index in [0.717, 1.165) is 32.6 Å². The quantitative estimate of drug-likeness (QED) is 0.127. The summed E-state index contributed by atoms with van der Waals surface area (Å²) < 4.78 is 0. The van der Waals surface area contributed by atoms with Gasteiger partial charge in [-0.15, -0.1) is 0 Å². The molecule has 1 heterocycles. The Morgan fingerprint density at radius 3 is 1.12 bits per heavy atom. The minimum Gasteiger partial charge on any atom is -0.246 e. The standard InChI is InChI=1S/C57H39N/c1-36-30-51-49(32-45(36)39-18-7-3-8-19-39)47(41-22-11-5-12-23-41)34-53-55(44-29-17-27-38-26-15-16-28-43(38)44)54-35-48(42-24-13-6-14-25-42)50-33-46(40-20-9-4-10-21-40)37(2)31-52(50)57(54)58-56(51)53/h3-35H,1-2H3. The number of nitrogens with zero attached hydrogens (tertiary/aromatic N) is 1. The van der Waals surface area contributed by atoms with Gasteiger partial charge in [-0.1, -0.05) is 164 Å². The molecule has 0 bridgehead atoms. The third-order valence-corrected chi connectivity index (χ3v) is 12.1. The molecule has 11 aromatic rings. The number of rotatable bonds is 5. The molecule has 0 amide bonds. The zero-order valence-corrected chi connectivity index (χ0v) is 32.5. The highest BCUT2D eigenvalue weighted by Gasteiger charge is 2.23. The summed E-state index contributed by atoms with van der Waals surface area (Å²) in [4.78, 5) is 5.86. The van der Waals surface area contributed by atoms with Crippen LogP contribution < -0.4 is 0 Å². The first-order valence-electron chi connectivity index (χ1n) is 20.1. The lowest BCUT2D eigenvalue weighted by molar-refractivity contribution is 1.47. The SMILES string of the molecule is Cc1cc2c(cc1-c1ccccc1)c(-c1ccccc1)cc1c(-c3cccc4ccccc34)c3cc(-c4ccccc4)c4cc(-c5ccccc5)c(C)cc4c3nc12. The molecule has 0 N–H and O–H groups in total. The molecule has 0 atom stereocenters. The average Bonchev–Trinajstić information content (AvgIpc) is 3.28. The maximum Gasteiger partial charge on any atom is 0.0795 e. The minimum absolute atomic E-state index is 1.02. The molecule has 11 rings (SSSR count). The fourth-order valence-electron chi connectivity index (χ4n) is 9.31. The van der Waals surface area contributed by atoms with Crippen LogP contribution in [0.4, 0.5) is 0 Å². The molecule has 272 valence electrons. The van der Waals surface area contributed by atoms with Crippen LogP contribution in [-0.2, 0) is 0 Å². The zero-order chi connectivity index (χ0) is 38.7. The third-order valence-electron chi connectivity index (χ3n) is 12.1. The Balaban J connectivity index is 1.37. The van der Waals surface area contributed by atoms with Gasteiger partial charge in [0, 0.05) is 27.1 Å². The van der Waals surface area contributed by atoms with E-state index in [-0.39, 0.29) is 0 Å². The van der Waals surface area contributed by atoms with Crippen molar-refractivity contribution in [2.24, 2.45) is 0 Å².